The van der Waals surface area contributed by atoms with Crippen LogP contribution in [0.15, 0.2) is 11.1 Å². The Labute approximate surface area is 148 Å². The zero-order chi connectivity index (χ0) is 18.6. The summed E-state index contributed by atoms with van der Waals surface area (Å²) in [4.78, 5) is 40.1. The van der Waals surface area contributed by atoms with E-state index in [1.807, 2.05) is 19.0 Å². The summed E-state index contributed by atoms with van der Waals surface area (Å²) >= 11 is 0. The Bertz CT molecular complexity index is 577. The van der Waals surface area contributed by atoms with Crippen LogP contribution in [0.5, 0.6) is 0 Å². The molecule has 1 N–H and O–H groups in total. The molecule has 1 saturated heterocycles. The van der Waals surface area contributed by atoms with Crippen LogP contribution in [0.1, 0.15) is 26.7 Å². The number of hydrogen-bond donors (Lipinski definition) is 1. The number of likely N-dealkylation sites (tertiary alicyclic amines) is 1. The highest BCUT2D eigenvalue weighted by Crippen LogP contribution is 2.41. The Morgan fingerprint density at radius 3 is 2.52 bits per heavy atom. The average molecular weight is 353 g/mol. The van der Waals surface area contributed by atoms with Gasteiger partial charge in [-0.1, -0.05) is 0 Å². The van der Waals surface area contributed by atoms with Crippen molar-refractivity contribution in [2.75, 3.05) is 46.9 Å². The third-order valence-corrected chi connectivity index (χ3v) is 4.59. The quantitative estimate of drug-likeness (QED) is 0.726. The van der Waals surface area contributed by atoms with Crippen LogP contribution in [-0.2, 0) is 19.1 Å². The van der Waals surface area contributed by atoms with E-state index in [4.69, 9.17) is 9.47 Å². The number of nitrogens with one attached hydrogen (secondary N) is 1. The molecule has 2 amide bonds. The van der Waals surface area contributed by atoms with Crippen molar-refractivity contribution in [3.63, 3.8) is 0 Å². The van der Waals surface area contributed by atoms with Crippen LogP contribution in [-0.4, -0.2) is 80.3 Å². The zero-order valence-corrected chi connectivity index (χ0v) is 15.4. The predicted molar refractivity (Wildman–Crippen MR) is 90.9 cm³/mol. The molecule has 1 fully saturated rings. The lowest BCUT2D eigenvalue weighted by molar-refractivity contribution is -0.150. The number of likely N-dealkylation sites (N-methyl/N-ethyl adjacent to an activating group) is 1. The summed E-state index contributed by atoms with van der Waals surface area (Å²) in [6, 6.07) is 0. The zero-order valence-electron chi connectivity index (χ0n) is 15.4. The second kappa shape index (κ2) is 7.86. The molecule has 1 spiro atoms. The Hall–Kier alpha value is -2.09. The third kappa shape index (κ3) is 4.12. The number of rotatable bonds is 5. The van der Waals surface area contributed by atoms with Gasteiger partial charge in [0.05, 0.1) is 12.2 Å². The SMILES string of the molecule is CCOC(=O)N1CCC2(CC1)OC(=O)C(C)=C2C(=O)NCCN(C)C. The van der Waals surface area contributed by atoms with E-state index in [2.05, 4.69) is 5.32 Å². The minimum Gasteiger partial charge on any atom is -0.450 e. The second-order valence-corrected chi connectivity index (χ2v) is 6.63. The molecule has 8 nitrogen and oxygen atoms in total. The Morgan fingerprint density at radius 2 is 1.96 bits per heavy atom. The summed E-state index contributed by atoms with van der Waals surface area (Å²) in [5, 5.41) is 2.86. The Morgan fingerprint density at radius 1 is 1.32 bits per heavy atom. The predicted octanol–water partition coefficient (Wildman–Crippen LogP) is 0.529. The first kappa shape index (κ1) is 19.2. The second-order valence-electron chi connectivity index (χ2n) is 6.63. The van der Waals surface area contributed by atoms with E-state index in [0.717, 1.165) is 0 Å². The third-order valence-electron chi connectivity index (χ3n) is 4.59. The van der Waals surface area contributed by atoms with Gasteiger partial charge in [0.15, 0.2) is 0 Å². The van der Waals surface area contributed by atoms with Gasteiger partial charge in [-0.25, -0.2) is 9.59 Å². The molecule has 8 heteroatoms. The van der Waals surface area contributed by atoms with Gasteiger partial charge in [0, 0.05) is 44.6 Å². The van der Waals surface area contributed by atoms with Gasteiger partial charge in [0.2, 0.25) is 0 Å². The molecule has 2 aliphatic rings. The minimum atomic E-state index is -0.938. The van der Waals surface area contributed by atoms with Crippen LogP contribution in [0, 0.1) is 0 Å². The topological polar surface area (TPSA) is 88.2 Å². The van der Waals surface area contributed by atoms with E-state index in [1.165, 1.54) is 0 Å². The van der Waals surface area contributed by atoms with E-state index in [0.29, 0.717) is 56.8 Å². The van der Waals surface area contributed by atoms with Crippen molar-refractivity contribution in [1.82, 2.24) is 15.1 Å². The van der Waals surface area contributed by atoms with Gasteiger partial charge >= 0.3 is 12.1 Å². The van der Waals surface area contributed by atoms with E-state index >= 15 is 0 Å². The molecule has 2 heterocycles. The van der Waals surface area contributed by atoms with Gasteiger partial charge in [0.1, 0.15) is 5.60 Å². The van der Waals surface area contributed by atoms with Crippen LogP contribution >= 0.6 is 0 Å². The summed E-state index contributed by atoms with van der Waals surface area (Å²) < 4.78 is 10.6. The molecule has 25 heavy (non-hydrogen) atoms. The van der Waals surface area contributed by atoms with E-state index < -0.39 is 11.6 Å². The molecule has 2 aliphatic heterocycles. The van der Waals surface area contributed by atoms with E-state index in [1.54, 1.807) is 18.7 Å². The van der Waals surface area contributed by atoms with Crippen molar-refractivity contribution in [2.45, 2.75) is 32.3 Å². The number of ether oxygens (including phenoxy) is 2. The van der Waals surface area contributed by atoms with Crippen molar-refractivity contribution < 1.29 is 23.9 Å². The van der Waals surface area contributed by atoms with Crippen LogP contribution < -0.4 is 5.32 Å². The first-order valence-corrected chi connectivity index (χ1v) is 8.60. The van der Waals surface area contributed by atoms with Crippen molar-refractivity contribution in [3.8, 4) is 0 Å². The highest BCUT2D eigenvalue weighted by molar-refractivity contribution is 6.07. The molecule has 2 rings (SSSR count). The molecule has 0 aromatic rings. The molecule has 0 atom stereocenters. The van der Waals surface area contributed by atoms with Crippen LogP contribution in [0.3, 0.4) is 0 Å². The first-order valence-electron chi connectivity index (χ1n) is 8.60. The van der Waals surface area contributed by atoms with Crippen LogP contribution in [0.25, 0.3) is 0 Å². The highest BCUT2D eigenvalue weighted by atomic mass is 16.6. The molecule has 0 radical (unpaired) electrons. The highest BCUT2D eigenvalue weighted by Gasteiger charge is 2.51. The first-order chi connectivity index (χ1) is 11.8. The lowest BCUT2D eigenvalue weighted by atomic mass is 9.83. The number of esters is 1. The number of nitrogens with zero attached hydrogens (tertiary/aromatic N) is 2. The molecule has 0 aromatic heterocycles. The number of carbonyl (C=O) groups is 3. The molecular formula is C17H27N3O5. The van der Waals surface area contributed by atoms with Gasteiger partial charge in [-0.05, 0) is 27.9 Å². The summed E-state index contributed by atoms with van der Waals surface area (Å²) in [5.41, 5.74) is -0.182. The number of carbonyl (C=O) groups excluding carboxylic acids is 3. The fraction of sp³-hybridized carbons (Fsp3) is 0.706. The fourth-order valence-corrected chi connectivity index (χ4v) is 3.22. The lowest BCUT2D eigenvalue weighted by Gasteiger charge is -2.38. The van der Waals surface area contributed by atoms with E-state index in [9.17, 15) is 14.4 Å². The summed E-state index contributed by atoms with van der Waals surface area (Å²) in [6.45, 7) is 5.65. The Balaban J connectivity index is 2.08. The molecule has 0 unspecified atom stereocenters. The smallest absolute Gasteiger partial charge is 0.409 e. The maximum atomic E-state index is 12.6. The van der Waals surface area contributed by atoms with E-state index in [-0.39, 0.29) is 12.0 Å². The maximum Gasteiger partial charge on any atom is 0.409 e. The average Bonchev–Trinajstić information content (AvgIpc) is 2.78. The molecule has 0 aromatic carbocycles. The standard InChI is InChI=1S/C17H27N3O5/c1-5-24-16(23)20-9-6-17(7-10-20)13(12(2)15(22)25-17)14(21)18-8-11-19(3)4/h5-11H2,1-4H3,(H,18,21). The minimum absolute atomic E-state index is 0.269. The monoisotopic (exact) mass is 353 g/mol. The van der Waals surface area contributed by atoms with Crippen molar-refractivity contribution in [2.24, 2.45) is 0 Å². The van der Waals surface area contributed by atoms with Crippen LogP contribution in [0.2, 0.25) is 0 Å². The van der Waals surface area contributed by atoms with Gasteiger partial charge in [0.25, 0.3) is 5.91 Å². The molecule has 140 valence electrons. The largest absolute Gasteiger partial charge is 0.450 e. The molecule has 0 bridgehead atoms. The molecule has 0 saturated carbocycles. The van der Waals surface area contributed by atoms with Crippen molar-refractivity contribution in [3.05, 3.63) is 11.1 Å². The van der Waals surface area contributed by atoms with Crippen molar-refractivity contribution in [1.29, 1.82) is 0 Å². The lowest BCUT2D eigenvalue weighted by Crippen LogP contribution is -2.50. The van der Waals surface area contributed by atoms with Crippen molar-refractivity contribution >= 4 is 18.0 Å². The Kier molecular flexibility index (Phi) is 6.05. The fourth-order valence-electron chi connectivity index (χ4n) is 3.22. The summed E-state index contributed by atoms with van der Waals surface area (Å²) in [6.07, 6.45) is 0.413. The van der Waals surface area contributed by atoms with Gasteiger partial charge < -0.3 is 24.6 Å². The van der Waals surface area contributed by atoms with Gasteiger partial charge in [-0.15, -0.1) is 0 Å². The summed E-state index contributed by atoms with van der Waals surface area (Å²) in [7, 11) is 3.84. The van der Waals surface area contributed by atoms with Gasteiger partial charge in [-0.3, -0.25) is 4.79 Å². The maximum absolute atomic E-state index is 12.6. The molecular weight excluding hydrogens is 326 g/mol. The summed E-state index contributed by atoms with van der Waals surface area (Å²) in [5.74, 6) is -0.725. The molecule has 0 aliphatic carbocycles. The number of amides is 2. The van der Waals surface area contributed by atoms with Gasteiger partial charge in [-0.2, -0.15) is 0 Å². The number of hydrogen-bond acceptors (Lipinski definition) is 6. The normalized spacial score (nSPS) is 19.4. The number of piperidine rings is 1. The van der Waals surface area contributed by atoms with Crippen LogP contribution in [0.4, 0.5) is 4.79 Å².